The second-order valence-corrected chi connectivity index (χ2v) is 5.42. The molecule has 0 aliphatic carbocycles. The summed E-state index contributed by atoms with van der Waals surface area (Å²) in [5.41, 5.74) is 0.810. The average molecular weight is 337 g/mol. The Bertz CT molecular complexity index is 525. The van der Waals surface area contributed by atoms with Crippen molar-refractivity contribution in [3.8, 4) is 0 Å². The van der Waals surface area contributed by atoms with Gasteiger partial charge in [-0.25, -0.2) is 0 Å². The molecule has 0 saturated carbocycles. The minimum Gasteiger partial charge on any atom is -0.371 e. The van der Waals surface area contributed by atoms with Gasteiger partial charge in [-0.3, -0.25) is 9.69 Å². The Kier molecular flexibility index (Phi) is 5.66. The first-order valence-electron chi connectivity index (χ1n) is 6.77. The van der Waals surface area contributed by atoms with Crippen LogP contribution in [-0.2, 0) is 9.53 Å². The molecular weight excluding hydrogens is 321 g/mol. The molecule has 122 valence electrons. The quantitative estimate of drug-likeness (QED) is 0.918. The SMILES string of the molecule is O=C(CN1CCO[C@H](c2ccccc2Cl)C1)NCC(F)(F)F. The lowest BCUT2D eigenvalue weighted by Crippen LogP contribution is -2.45. The molecule has 4 nitrogen and oxygen atoms in total. The van der Waals surface area contributed by atoms with Gasteiger partial charge in [-0.2, -0.15) is 13.2 Å². The van der Waals surface area contributed by atoms with Crippen molar-refractivity contribution < 1.29 is 22.7 Å². The summed E-state index contributed by atoms with van der Waals surface area (Å²) in [5.74, 6) is -0.655. The van der Waals surface area contributed by atoms with Gasteiger partial charge < -0.3 is 10.1 Å². The van der Waals surface area contributed by atoms with Gasteiger partial charge in [0, 0.05) is 23.7 Å². The summed E-state index contributed by atoms with van der Waals surface area (Å²) in [6.07, 6.45) is -4.70. The molecule has 0 aromatic heterocycles. The van der Waals surface area contributed by atoms with Gasteiger partial charge in [0.05, 0.1) is 19.3 Å². The molecule has 1 saturated heterocycles. The molecule has 0 spiro atoms. The second kappa shape index (κ2) is 7.30. The molecule has 0 radical (unpaired) electrons. The maximum Gasteiger partial charge on any atom is 0.405 e. The lowest BCUT2D eigenvalue weighted by Gasteiger charge is -2.33. The highest BCUT2D eigenvalue weighted by atomic mass is 35.5. The van der Waals surface area contributed by atoms with E-state index in [1.54, 1.807) is 17.0 Å². The fraction of sp³-hybridized carbons (Fsp3) is 0.500. The van der Waals surface area contributed by atoms with Crippen LogP contribution in [0.1, 0.15) is 11.7 Å². The Hall–Kier alpha value is -1.31. The number of benzene rings is 1. The smallest absolute Gasteiger partial charge is 0.371 e. The molecule has 1 N–H and O–H groups in total. The first-order valence-corrected chi connectivity index (χ1v) is 7.15. The average Bonchev–Trinajstić information content (AvgIpc) is 2.45. The van der Waals surface area contributed by atoms with Crippen LogP contribution >= 0.6 is 11.6 Å². The van der Waals surface area contributed by atoms with Gasteiger partial charge in [0.1, 0.15) is 6.54 Å². The normalized spacial score (nSPS) is 19.9. The number of nitrogens with zero attached hydrogens (tertiary/aromatic N) is 1. The molecule has 8 heteroatoms. The summed E-state index contributed by atoms with van der Waals surface area (Å²) >= 11 is 6.11. The summed E-state index contributed by atoms with van der Waals surface area (Å²) < 4.78 is 41.8. The van der Waals surface area contributed by atoms with E-state index in [1.807, 2.05) is 17.4 Å². The molecule has 1 amide bonds. The number of hydrogen-bond donors (Lipinski definition) is 1. The highest BCUT2D eigenvalue weighted by molar-refractivity contribution is 6.31. The molecule has 1 aromatic rings. The number of halogens is 4. The van der Waals surface area contributed by atoms with E-state index in [9.17, 15) is 18.0 Å². The second-order valence-electron chi connectivity index (χ2n) is 5.01. The summed E-state index contributed by atoms with van der Waals surface area (Å²) in [7, 11) is 0. The number of rotatable bonds is 4. The predicted octanol–water partition coefficient (Wildman–Crippen LogP) is 2.39. The van der Waals surface area contributed by atoms with Gasteiger partial charge in [0.15, 0.2) is 0 Å². The van der Waals surface area contributed by atoms with Crippen LogP contribution in [0.15, 0.2) is 24.3 Å². The van der Waals surface area contributed by atoms with Gasteiger partial charge in [-0.1, -0.05) is 29.8 Å². The Morgan fingerprint density at radius 3 is 2.82 bits per heavy atom. The Morgan fingerprint density at radius 1 is 1.41 bits per heavy atom. The van der Waals surface area contributed by atoms with Crippen molar-refractivity contribution in [2.75, 3.05) is 32.8 Å². The van der Waals surface area contributed by atoms with E-state index in [2.05, 4.69) is 0 Å². The van der Waals surface area contributed by atoms with E-state index < -0.39 is 18.6 Å². The van der Waals surface area contributed by atoms with Crippen LogP contribution in [0.3, 0.4) is 0 Å². The minimum atomic E-state index is -4.40. The van der Waals surface area contributed by atoms with E-state index in [4.69, 9.17) is 16.3 Å². The lowest BCUT2D eigenvalue weighted by molar-refractivity contribution is -0.140. The maximum atomic E-state index is 12.1. The van der Waals surface area contributed by atoms with Crippen LogP contribution in [0.2, 0.25) is 5.02 Å². The van der Waals surface area contributed by atoms with E-state index in [0.717, 1.165) is 5.56 Å². The van der Waals surface area contributed by atoms with E-state index >= 15 is 0 Å². The monoisotopic (exact) mass is 336 g/mol. The van der Waals surface area contributed by atoms with Crippen molar-refractivity contribution in [3.63, 3.8) is 0 Å². The summed E-state index contributed by atoms with van der Waals surface area (Å²) in [5, 5.41) is 2.43. The van der Waals surface area contributed by atoms with Gasteiger partial charge in [0.2, 0.25) is 5.91 Å². The van der Waals surface area contributed by atoms with Crippen LogP contribution in [0.25, 0.3) is 0 Å². The van der Waals surface area contributed by atoms with Crippen LogP contribution in [0, 0.1) is 0 Å². The number of hydrogen-bond acceptors (Lipinski definition) is 3. The Balaban J connectivity index is 1.88. The van der Waals surface area contributed by atoms with Gasteiger partial charge in [0.25, 0.3) is 0 Å². The van der Waals surface area contributed by atoms with Crippen molar-refractivity contribution in [2.45, 2.75) is 12.3 Å². The van der Waals surface area contributed by atoms with Gasteiger partial charge in [-0.05, 0) is 6.07 Å². The third kappa shape index (κ3) is 5.15. The lowest BCUT2D eigenvalue weighted by atomic mass is 10.1. The molecule has 1 aliphatic heterocycles. The fourth-order valence-corrected chi connectivity index (χ4v) is 2.49. The number of amides is 1. The highest BCUT2D eigenvalue weighted by Crippen LogP contribution is 2.28. The zero-order chi connectivity index (χ0) is 16.2. The molecule has 1 atom stereocenters. The van der Waals surface area contributed by atoms with Crippen LogP contribution in [0.4, 0.5) is 13.2 Å². The Labute approximate surface area is 131 Å². The fourth-order valence-electron chi connectivity index (χ4n) is 2.23. The standard InChI is InChI=1S/C14H16ClF3N2O2/c15-11-4-2-1-3-10(11)12-7-20(5-6-22-12)8-13(21)19-9-14(16,17)18/h1-4,12H,5-9H2,(H,19,21)/t12-/m0/s1. The molecule has 1 heterocycles. The van der Waals surface area contributed by atoms with Crippen molar-refractivity contribution >= 4 is 17.5 Å². The van der Waals surface area contributed by atoms with E-state index in [0.29, 0.717) is 24.7 Å². The van der Waals surface area contributed by atoms with Gasteiger partial charge >= 0.3 is 6.18 Å². The van der Waals surface area contributed by atoms with Gasteiger partial charge in [-0.15, -0.1) is 0 Å². The van der Waals surface area contributed by atoms with Crippen LogP contribution < -0.4 is 5.32 Å². The van der Waals surface area contributed by atoms with Crippen molar-refractivity contribution in [3.05, 3.63) is 34.9 Å². The molecule has 1 aliphatic rings. The minimum absolute atomic E-state index is 0.0968. The zero-order valence-electron chi connectivity index (χ0n) is 11.7. The molecule has 1 aromatic carbocycles. The first-order chi connectivity index (χ1) is 10.3. The van der Waals surface area contributed by atoms with E-state index in [1.165, 1.54) is 0 Å². The number of ether oxygens (including phenoxy) is 1. The summed E-state index contributed by atoms with van der Waals surface area (Å²) in [4.78, 5) is 13.3. The van der Waals surface area contributed by atoms with Crippen molar-refractivity contribution in [1.82, 2.24) is 10.2 Å². The maximum absolute atomic E-state index is 12.1. The van der Waals surface area contributed by atoms with Crippen molar-refractivity contribution in [2.24, 2.45) is 0 Å². The number of carbonyl (C=O) groups is 1. The number of alkyl halides is 3. The molecular formula is C14H16ClF3N2O2. The zero-order valence-corrected chi connectivity index (χ0v) is 12.5. The predicted molar refractivity (Wildman–Crippen MR) is 75.6 cm³/mol. The summed E-state index contributed by atoms with van der Waals surface area (Å²) in [6.45, 7) is -0.128. The summed E-state index contributed by atoms with van der Waals surface area (Å²) in [6, 6.07) is 7.21. The molecule has 1 fully saturated rings. The third-order valence-electron chi connectivity index (χ3n) is 3.26. The number of carbonyl (C=O) groups excluding carboxylic acids is 1. The largest absolute Gasteiger partial charge is 0.405 e. The number of nitrogens with one attached hydrogen (secondary N) is 1. The highest BCUT2D eigenvalue weighted by Gasteiger charge is 2.29. The van der Waals surface area contributed by atoms with Crippen molar-refractivity contribution in [1.29, 1.82) is 0 Å². The molecule has 2 rings (SSSR count). The topological polar surface area (TPSA) is 41.6 Å². The van der Waals surface area contributed by atoms with E-state index in [-0.39, 0.29) is 12.6 Å². The van der Waals surface area contributed by atoms with Crippen LogP contribution in [-0.4, -0.2) is 49.8 Å². The molecule has 0 unspecified atom stereocenters. The Morgan fingerprint density at radius 2 is 2.14 bits per heavy atom. The third-order valence-corrected chi connectivity index (χ3v) is 3.60. The number of morpholine rings is 1. The van der Waals surface area contributed by atoms with Crippen LogP contribution in [0.5, 0.6) is 0 Å². The molecule has 0 bridgehead atoms. The first kappa shape index (κ1) is 17.1. The molecule has 22 heavy (non-hydrogen) atoms.